The maximum absolute atomic E-state index is 12.6. The normalized spacial score (nSPS) is 15.6. The Balaban J connectivity index is 1.64. The number of thioether (sulfide) groups is 1. The first kappa shape index (κ1) is 22.9. The molecule has 0 spiro atoms. The summed E-state index contributed by atoms with van der Waals surface area (Å²) in [7, 11) is 0. The van der Waals surface area contributed by atoms with Gasteiger partial charge in [-0.25, -0.2) is 0 Å². The fourth-order valence-electron chi connectivity index (χ4n) is 3.05. The van der Waals surface area contributed by atoms with Crippen molar-refractivity contribution >= 4 is 57.9 Å². The number of carboxylic acid groups (broad SMARTS) is 1. The molecule has 1 aromatic rings. The zero-order valence-electron chi connectivity index (χ0n) is 15.9. The number of carbonyl (C=O) groups is 2. The van der Waals surface area contributed by atoms with Crippen LogP contribution in [0.1, 0.15) is 63.4 Å². The summed E-state index contributed by atoms with van der Waals surface area (Å²) in [6.07, 6.45) is 10.4. The van der Waals surface area contributed by atoms with Crippen molar-refractivity contribution in [1.29, 1.82) is 0 Å². The highest BCUT2D eigenvalue weighted by Crippen LogP contribution is 2.33. The fraction of sp³-hybridized carbons (Fsp3) is 0.476. The third kappa shape index (κ3) is 7.94. The lowest BCUT2D eigenvalue weighted by Crippen LogP contribution is -2.29. The van der Waals surface area contributed by atoms with Gasteiger partial charge in [-0.2, -0.15) is 0 Å². The van der Waals surface area contributed by atoms with Gasteiger partial charge in [0.2, 0.25) is 0 Å². The van der Waals surface area contributed by atoms with Crippen molar-refractivity contribution in [3.8, 4) is 0 Å². The van der Waals surface area contributed by atoms with Gasteiger partial charge in [0, 0.05) is 18.0 Å². The summed E-state index contributed by atoms with van der Waals surface area (Å²) < 4.78 is 0.622. The minimum atomic E-state index is -0.710. The van der Waals surface area contributed by atoms with Crippen molar-refractivity contribution in [2.45, 2.75) is 57.8 Å². The molecule has 28 heavy (non-hydrogen) atoms. The maximum Gasteiger partial charge on any atom is 0.303 e. The second kappa shape index (κ2) is 12.2. The van der Waals surface area contributed by atoms with Gasteiger partial charge in [0.25, 0.3) is 5.91 Å². The van der Waals surface area contributed by atoms with E-state index in [2.05, 4.69) is 0 Å². The molecule has 152 valence electrons. The Kier molecular flexibility index (Phi) is 10.0. The summed E-state index contributed by atoms with van der Waals surface area (Å²) in [5.74, 6) is -0.730. The number of hydrogen-bond acceptors (Lipinski definition) is 4. The van der Waals surface area contributed by atoms with Gasteiger partial charge in [-0.1, -0.05) is 86.2 Å². The molecular formula is C21H26ClNO3S2. The van der Waals surface area contributed by atoms with Gasteiger partial charge in [-0.05, 0) is 36.6 Å². The number of halogens is 1. The molecule has 0 atom stereocenters. The number of unbranched alkanes of at least 4 members (excludes halogenated alkanes) is 7. The minimum absolute atomic E-state index is 0.0200. The monoisotopic (exact) mass is 439 g/mol. The highest BCUT2D eigenvalue weighted by atomic mass is 35.5. The number of benzene rings is 1. The summed E-state index contributed by atoms with van der Waals surface area (Å²) in [4.78, 5) is 25.4. The summed E-state index contributed by atoms with van der Waals surface area (Å²) in [5, 5.41) is 9.24. The number of amides is 1. The molecule has 0 aromatic heterocycles. The molecule has 1 amide bonds. The van der Waals surface area contributed by atoms with E-state index in [1.807, 2.05) is 24.3 Å². The van der Waals surface area contributed by atoms with Gasteiger partial charge in [0.1, 0.15) is 4.32 Å². The van der Waals surface area contributed by atoms with E-state index in [0.717, 1.165) is 56.9 Å². The van der Waals surface area contributed by atoms with Crippen LogP contribution in [0.3, 0.4) is 0 Å². The van der Waals surface area contributed by atoms with Crippen LogP contribution in [0.2, 0.25) is 5.02 Å². The third-order valence-electron chi connectivity index (χ3n) is 4.54. The van der Waals surface area contributed by atoms with E-state index in [0.29, 0.717) is 20.8 Å². The molecule has 0 radical (unpaired) electrons. The third-order valence-corrected chi connectivity index (χ3v) is 6.16. The average molecular weight is 440 g/mol. The van der Waals surface area contributed by atoms with E-state index >= 15 is 0 Å². The van der Waals surface area contributed by atoms with Crippen LogP contribution in [0.25, 0.3) is 6.08 Å². The van der Waals surface area contributed by atoms with Gasteiger partial charge >= 0.3 is 5.97 Å². The minimum Gasteiger partial charge on any atom is -0.481 e. The first-order valence-corrected chi connectivity index (χ1v) is 11.3. The zero-order valence-corrected chi connectivity index (χ0v) is 18.3. The zero-order chi connectivity index (χ0) is 20.4. The lowest BCUT2D eigenvalue weighted by Gasteiger charge is -2.14. The smallest absolute Gasteiger partial charge is 0.303 e. The standard InChI is InChI=1S/C21H26ClNO3S2/c22-17-11-9-10-16(14-17)15-18-20(26)23(21(27)28-18)13-8-6-4-2-1-3-5-7-12-19(24)25/h9-11,14-15H,1-8,12-13H2,(H,24,25)/b18-15-. The predicted molar refractivity (Wildman–Crippen MR) is 121 cm³/mol. The van der Waals surface area contributed by atoms with Crippen LogP contribution in [0.15, 0.2) is 29.2 Å². The van der Waals surface area contributed by atoms with Crippen LogP contribution >= 0.6 is 35.6 Å². The summed E-state index contributed by atoms with van der Waals surface area (Å²) in [5.41, 5.74) is 0.899. The van der Waals surface area contributed by atoms with Gasteiger partial charge in [0.05, 0.1) is 4.91 Å². The van der Waals surface area contributed by atoms with Crippen molar-refractivity contribution in [3.05, 3.63) is 39.8 Å². The number of carbonyl (C=O) groups excluding carboxylic acids is 1. The largest absolute Gasteiger partial charge is 0.481 e. The number of aliphatic carboxylic acids is 1. The molecule has 0 aliphatic carbocycles. The van der Waals surface area contributed by atoms with Gasteiger partial charge < -0.3 is 5.11 Å². The van der Waals surface area contributed by atoms with Crippen molar-refractivity contribution in [2.24, 2.45) is 0 Å². The molecule has 1 aliphatic rings. The van der Waals surface area contributed by atoms with E-state index < -0.39 is 5.97 Å². The van der Waals surface area contributed by atoms with Gasteiger partial charge in [-0.3, -0.25) is 14.5 Å². The molecule has 1 fully saturated rings. The number of thiocarbonyl (C=S) groups is 1. The number of carboxylic acids is 1. The molecule has 1 aromatic carbocycles. The Bertz CT molecular complexity index is 736. The van der Waals surface area contributed by atoms with E-state index in [4.69, 9.17) is 28.9 Å². The second-order valence-electron chi connectivity index (χ2n) is 6.86. The van der Waals surface area contributed by atoms with E-state index in [-0.39, 0.29) is 12.3 Å². The van der Waals surface area contributed by atoms with Crippen LogP contribution < -0.4 is 0 Å². The Labute approximate surface area is 181 Å². The molecular weight excluding hydrogens is 414 g/mol. The molecule has 0 unspecified atom stereocenters. The van der Waals surface area contributed by atoms with E-state index in [9.17, 15) is 9.59 Å². The lowest BCUT2D eigenvalue weighted by molar-refractivity contribution is -0.137. The lowest BCUT2D eigenvalue weighted by atomic mass is 10.1. The Hall–Kier alpha value is -1.37. The molecule has 1 saturated heterocycles. The van der Waals surface area contributed by atoms with Crippen molar-refractivity contribution in [3.63, 3.8) is 0 Å². The Morgan fingerprint density at radius 2 is 1.75 bits per heavy atom. The predicted octanol–water partition coefficient (Wildman–Crippen LogP) is 6.14. The fourth-order valence-corrected chi connectivity index (χ4v) is 4.55. The van der Waals surface area contributed by atoms with Crippen molar-refractivity contribution < 1.29 is 14.7 Å². The molecule has 4 nitrogen and oxygen atoms in total. The molecule has 1 heterocycles. The van der Waals surface area contributed by atoms with Gasteiger partial charge in [-0.15, -0.1) is 0 Å². The molecule has 1 aliphatic heterocycles. The molecule has 0 saturated carbocycles. The van der Waals surface area contributed by atoms with E-state index in [1.165, 1.54) is 11.8 Å². The maximum atomic E-state index is 12.6. The van der Waals surface area contributed by atoms with Crippen LogP contribution in [-0.2, 0) is 9.59 Å². The summed E-state index contributed by atoms with van der Waals surface area (Å²) >= 11 is 12.7. The molecule has 7 heteroatoms. The van der Waals surface area contributed by atoms with E-state index in [1.54, 1.807) is 11.0 Å². The summed E-state index contributed by atoms with van der Waals surface area (Å²) in [6.45, 7) is 0.663. The van der Waals surface area contributed by atoms with Crippen molar-refractivity contribution in [2.75, 3.05) is 6.54 Å². The second-order valence-corrected chi connectivity index (χ2v) is 8.97. The molecule has 1 N–H and O–H groups in total. The molecule has 0 bridgehead atoms. The van der Waals surface area contributed by atoms with Crippen LogP contribution in [0.4, 0.5) is 0 Å². The summed E-state index contributed by atoms with van der Waals surface area (Å²) in [6, 6.07) is 7.41. The highest BCUT2D eigenvalue weighted by molar-refractivity contribution is 8.26. The van der Waals surface area contributed by atoms with Crippen LogP contribution in [-0.4, -0.2) is 32.7 Å². The molecule has 2 rings (SSSR count). The number of nitrogens with zero attached hydrogens (tertiary/aromatic N) is 1. The Morgan fingerprint density at radius 1 is 1.11 bits per heavy atom. The van der Waals surface area contributed by atoms with Gasteiger partial charge in [0.15, 0.2) is 0 Å². The topological polar surface area (TPSA) is 57.6 Å². The van der Waals surface area contributed by atoms with Crippen molar-refractivity contribution in [1.82, 2.24) is 4.90 Å². The number of rotatable bonds is 12. The van der Waals surface area contributed by atoms with Crippen LogP contribution in [0, 0.1) is 0 Å². The number of hydrogen-bond donors (Lipinski definition) is 1. The quantitative estimate of drug-likeness (QED) is 0.241. The first-order valence-electron chi connectivity index (χ1n) is 9.70. The van der Waals surface area contributed by atoms with Crippen LogP contribution in [0.5, 0.6) is 0 Å². The highest BCUT2D eigenvalue weighted by Gasteiger charge is 2.31. The average Bonchev–Trinajstić information content (AvgIpc) is 2.90. The Morgan fingerprint density at radius 3 is 2.39 bits per heavy atom. The first-order chi connectivity index (χ1) is 13.5. The SMILES string of the molecule is O=C(O)CCCCCCCCCCN1C(=O)/C(=C/c2cccc(Cl)c2)SC1=S.